The van der Waals surface area contributed by atoms with E-state index in [2.05, 4.69) is 0 Å². The Bertz CT molecular complexity index is 441. The molecule has 0 amide bonds. The van der Waals surface area contributed by atoms with Gasteiger partial charge in [0.1, 0.15) is 5.76 Å². The highest BCUT2D eigenvalue weighted by Gasteiger charge is 2.26. The van der Waals surface area contributed by atoms with Crippen LogP contribution in [0.1, 0.15) is 24.4 Å². The van der Waals surface area contributed by atoms with Gasteiger partial charge in [0.15, 0.2) is 0 Å². The molecule has 4 nitrogen and oxygen atoms in total. The molecular weight excluding hydrogens is 258 g/mol. The molecule has 0 radical (unpaired) electrons. The summed E-state index contributed by atoms with van der Waals surface area (Å²) in [5, 5.41) is 0.280. The molecule has 0 N–H and O–H groups in total. The molecule has 1 aliphatic rings. The van der Waals surface area contributed by atoms with Gasteiger partial charge in [-0.3, -0.25) is 0 Å². The Labute approximate surface area is 106 Å². The molecule has 6 heteroatoms. The van der Waals surface area contributed by atoms with Crippen molar-refractivity contribution in [1.82, 2.24) is 4.31 Å². The number of thioether (sulfide) groups is 1. The zero-order valence-electron chi connectivity index (χ0n) is 9.83. The zero-order valence-corrected chi connectivity index (χ0v) is 11.5. The predicted molar refractivity (Wildman–Crippen MR) is 69.6 cm³/mol. The minimum absolute atomic E-state index is 0.184. The maximum absolute atomic E-state index is 11.8. The second-order valence-corrected chi connectivity index (χ2v) is 7.53. The minimum Gasteiger partial charge on any atom is -0.468 e. The standard InChI is InChI=1S/C11H17NO3S2/c1-2-17(13,14)12-6-5-11(16-9-7-12)10-4-3-8-15-10/h3-4,8,11H,2,5-7,9H2,1H3. The van der Waals surface area contributed by atoms with Crippen molar-refractivity contribution in [2.45, 2.75) is 18.6 Å². The lowest BCUT2D eigenvalue weighted by Crippen LogP contribution is -2.34. The number of hydrogen-bond donors (Lipinski definition) is 0. The summed E-state index contributed by atoms with van der Waals surface area (Å²) in [6.45, 7) is 2.89. The van der Waals surface area contributed by atoms with Gasteiger partial charge in [-0.15, -0.1) is 11.8 Å². The summed E-state index contributed by atoms with van der Waals surface area (Å²) in [7, 11) is -3.05. The first-order valence-corrected chi connectivity index (χ1v) is 8.42. The highest BCUT2D eigenvalue weighted by molar-refractivity contribution is 7.99. The number of furan rings is 1. The van der Waals surface area contributed by atoms with Gasteiger partial charge in [-0.05, 0) is 25.5 Å². The van der Waals surface area contributed by atoms with Crippen LogP contribution in [0.25, 0.3) is 0 Å². The average Bonchev–Trinajstić information content (AvgIpc) is 2.73. The third-order valence-electron chi connectivity index (χ3n) is 2.92. The van der Waals surface area contributed by atoms with Gasteiger partial charge in [-0.2, -0.15) is 0 Å². The summed E-state index contributed by atoms with van der Waals surface area (Å²) in [4.78, 5) is 0. The van der Waals surface area contributed by atoms with Gasteiger partial charge in [0.05, 0.1) is 17.3 Å². The van der Waals surface area contributed by atoms with Crippen LogP contribution in [0, 0.1) is 0 Å². The van der Waals surface area contributed by atoms with Crippen LogP contribution < -0.4 is 0 Å². The van der Waals surface area contributed by atoms with Gasteiger partial charge in [-0.1, -0.05) is 0 Å². The molecule has 1 atom stereocenters. The quantitative estimate of drug-likeness (QED) is 0.848. The van der Waals surface area contributed by atoms with E-state index in [1.807, 2.05) is 12.1 Å². The van der Waals surface area contributed by atoms with Crippen molar-refractivity contribution in [3.8, 4) is 0 Å². The van der Waals surface area contributed by atoms with Crippen LogP contribution in [0.3, 0.4) is 0 Å². The fraction of sp³-hybridized carbons (Fsp3) is 0.636. The van der Waals surface area contributed by atoms with E-state index in [1.165, 1.54) is 0 Å². The number of rotatable bonds is 3. The van der Waals surface area contributed by atoms with E-state index in [9.17, 15) is 8.42 Å². The summed E-state index contributed by atoms with van der Waals surface area (Å²) < 4.78 is 30.6. The molecule has 0 aliphatic carbocycles. The van der Waals surface area contributed by atoms with Crippen molar-refractivity contribution in [2.24, 2.45) is 0 Å². The fourth-order valence-corrected chi connectivity index (χ4v) is 4.33. The number of nitrogens with zero attached hydrogens (tertiary/aromatic N) is 1. The largest absolute Gasteiger partial charge is 0.468 e. The second kappa shape index (κ2) is 5.46. The van der Waals surface area contributed by atoms with E-state index >= 15 is 0 Å². The Hall–Kier alpha value is -0.460. The molecule has 2 heterocycles. The summed E-state index contributed by atoms with van der Waals surface area (Å²) >= 11 is 1.77. The third kappa shape index (κ3) is 3.05. The molecule has 1 unspecified atom stereocenters. The van der Waals surface area contributed by atoms with E-state index in [0.717, 1.165) is 17.9 Å². The molecule has 1 aliphatic heterocycles. The third-order valence-corrected chi connectivity index (χ3v) is 6.09. The van der Waals surface area contributed by atoms with E-state index in [-0.39, 0.29) is 11.0 Å². The van der Waals surface area contributed by atoms with Crippen molar-refractivity contribution < 1.29 is 12.8 Å². The van der Waals surface area contributed by atoms with Crippen LogP contribution in [0.4, 0.5) is 0 Å². The first kappa shape index (κ1) is 13.0. The normalized spacial score (nSPS) is 23.5. The maximum Gasteiger partial charge on any atom is 0.213 e. The highest BCUT2D eigenvalue weighted by atomic mass is 32.2. The fourth-order valence-electron chi connectivity index (χ4n) is 1.91. The lowest BCUT2D eigenvalue weighted by Gasteiger charge is -2.18. The molecular formula is C11H17NO3S2. The summed E-state index contributed by atoms with van der Waals surface area (Å²) in [6, 6.07) is 3.84. The van der Waals surface area contributed by atoms with Crippen LogP contribution >= 0.6 is 11.8 Å². The van der Waals surface area contributed by atoms with Gasteiger partial charge < -0.3 is 4.42 Å². The lowest BCUT2D eigenvalue weighted by atomic mass is 10.2. The first-order chi connectivity index (χ1) is 8.13. The Kier molecular flexibility index (Phi) is 4.17. The smallest absolute Gasteiger partial charge is 0.213 e. The van der Waals surface area contributed by atoms with Gasteiger partial charge in [0, 0.05) is 18.8 Å². The van der Waals surface area contributed by atoms with Gasteiger partial charge in [-0.25, -0.2) is 12.7 Å². The summed E-state index contributed by atoms with van der Waals surface area (Å²) in [5.41, 5.74) is 0. The van der Waals surface area contributed by atoms with E-state index < -0.39 is 10.0 Å². The number of hydrogen-bond acceptors (Lipinski definition) is 4. The molecule has 0 bridgehead atoms. The molecule has 0 aromatic carbocycles. The topological polar surface area (TPSA) is 50.5 Å². The van der Waals surface area contributed by atoms with Crippen LogP contribution in [0.2, 0.25) is 0 Å². The van der Waals surface area contributed by atoms with Crippen LogP contribution in [-0.2, 0) is 10.0 Å². The molecule has 1 aromatic rings. The van der Waals surface area contributed by atoms with Crippen molar-refractivity contribution in [3.63, 3.8) is 0 Å². The Balaban J connectivity index is 2.03. The van der Waals surface area contributed by atoms with Crippen molar-refractivity contribution >= 4 is 21.8 Å². The van der Waals surface area contributed by atoms with E-state index in [4.69, 9.17) is 4.42 Å². The first-order valence-electron chi connectivity index (χ1n) is 5.76. The van der Waals surface area contributed by atoms with Gasteiger partial charge in [0.25, 0.3) is 0 Å². The molecule has 0 saturated carbocycles. The molecule has 96 valence electrons. The molecule has 17 heavy (non-hydrogen) atoms. The Morgan fingerprint density at radius 1 is 1.53 bits per heavy atom. The Morgan fingerprint density at radius 2 is 2.35 bits per heavy atom. The minimum atomic E-state index is -3.05. The summed E-state index contributed by atoms with van der Waals surface area (Å²) in [5.74, 6) is 1.96. The SMILES string of the molecule is CCS(=O)(=O)N1CCSC(c2ccco2)CC1. The van der Waals surface area contributed by atoms with Crippen LogP contribution in [-0.4, -0.2) is 37.3 Å². The Morgan fingerprint density at radius 3 is 3.00 bits per heavy atom. The molecule has 1 fully saturated rings. The molecule has 2 rings (SSSR count). The van der Waals surface area contributed by atoms with Crippen molar-refractivity contribution in [1.29, 1.82) is 0 Å². The maximum atomic E-state index is 11.8. The highest BCUT2D eigenvalue weighted by Crippen LogP contribution is 2.34. The lowest BCUT2D eigenvalue weighted by molar-refractivity contribution is 0.418. The van der Waals surface area contributed by atoms with Crippen LogP contribution in [0.15, 0.2) is 22.8 Å². The zero-order chi connectivity index (χ0) is 12.3. The van der Waals surface area contributed by atoms with E-state index in [0.29, 0.717) is 13.1 Å². The van der Waals surface area contributed by atoms with Gasteiger partial charge in [0.2, 0.25) is 10.0 Å². The number of sulfonamides is 1. The van der Waals surface area contributed by atoms with Crippen molar-refractivity contribution in [3.05, 3.63) is 24.2 Å². The van der Waals surface area contributed by atoms with Gasteiger partial charge >= 0.3 is 0 Å². The summed E-state index contributed by atoms with van der Waals surface area (Å²) in [6.07, 6.45) is 2.48. The van der Waals surface area contributed by atoms with Crippen molar-refractivity contribution in [2.75, 3.05) is 24.6 Å². The molecule has 0 spiro atoms. The molecule has 1 saturated heterocycles. The predicted octanol–water partition coefficient (Wildman–Crippen LogP) is 2.11. The van der Waals surface area contributed by atoms with Crippen LogP contribution in [0.5, 0.6) is 0 Å². The molecule has 1 aromatic heterocycles. The second-order valence-electron chi connectivity index (χ2n) is 3.96. The monoisotopic (exact) mass is 275 g/mol. The average molecular weight is 275 g/mol. The van der Waals surface area contributed by atoms with E-state index in [1.54, 1.807) is 29.3 Å².